The summed E-state index contributed by atoms with van der Waals surface area (Å²) in [6.45, 7) is 0. The van der Waals surface area contributed by atoms with E-state index in [1.807, 2.05) is 0 Å². The largest absolute Gasteiger partial charge is 0.497 e. The fourth-order valence-corrected chi connectivity index (χ4v) is 2.02. The Morgan fingerprint density at radius 3 is 2.27 bits per heavy atom. The number of allylic oxidation sites excluding steroid dienone is 1. The van der Waals surface area contributed by atoms with Gasteiger partial charge in [0.05, 0.1) is 19.2 Å². The zero-order valence-corrected chi connectivity index (χ0v) is 12.9. The lowest BCUT2D eigenvalue weighted by atomic mass is 10.1. The Hall–Kier alpha value is -2.33. The minimum atomic E-state index is -0.556. The van der Waals surface area contributed by atoms with Crippen LogP contribution < -0.4 is 9.47 Å². The molecule has 0 spiro atoms. The van der Waals surface area contributed by atoms with Crippen LogP contribution in [-0.4, -0.2) is 20.0 Å². The molecule has 0 saturated carbocycles. The highest BCUT2D eigenvalue weighted by molar-refractivity contribution is 6.31. The number of methoxy groups -OCH3 is 2. The van der Waals surface area contributed by atoms with E-state index in [1.165, 1.54) is 18.2 Å². The molecule has 3 nitrogen and oxygen atoms in total. The second-order valence-corrected chi connectivity index (χ2v) is 4.88. The molecule has 0 aliphatic rings. The average Bonchev–Trinajstić information content (AvgIpc) is 2.54. The number of ether oxygens (including phenoxy) is 2. The maximum absolute atomic E-state index is 13.1. The first-order chi connectivity index (χ1) is 10.5. The maximum Gasteiger partial charge on any atom is 0.185 e. The fraction of sp³-hybridized carbons (Fsp3) is 0.118. The molecule has 0 aromatic heterocycles. The zero-order chi connectivity index (χ0) is 16.1. The molecule has 2 aromatic rings. The lowest BCUT2D eigenvalue weighted by Gasteiger charge is -2.05. The van der Waals surface area contributed by atoms with Crippen LogP contribution in [0.15, 0.2) is 42.5 Å². The molecule has 0 aliphatic carbocycles. The predicted molar refractivity (Wildman–Crippen MR) is 84.3 cm³/mol. The van der Waals surface area contributed by atoms with Crippen LogP contribution in [0, 0.1) is 5.82 Å². The normalized spacial score (nSPS) is 10.7. The highest BCUT2D eigenvalue weighted by Crippen LogP contribution is 2.23. The van der Waals surface area contributed by atoms with Gasteiger partial charge in [0, 0.05) is 11.6 Å². The number of hydrogen-bond donors (Lipinski definition) is 0. The van der Waals surface area contributed by atoms with Crippen molar-refractivity contribution in [3.05, 3.63) is 64.4 Å². The molecular formula is C17H14ClFO3. The van der Waals surface area contributed by atoms with Crippen LogP contribution in [0.1, 0.15) is 15.9 Å². The fourth-order valence-electron chi connectivity index (χ4n) is 1.84. The molecule has 5 heteroatoms. The van der Waals surface area contributed by atoms with E-state index in [1.54, 1.807) is 38.5 Å². The summed E-state index contributed by atoms with van der Waals surface area (Å²) in [7, 11) is 3.10. The lowest BCUT2D eigenvalue weighted by Crippen LogP contribution is -1.95. The minimum absolute atomic E-state index is 0.0812. The van der Waals surface area contributed by atoms with Crippen LogP contribution in [0.4, 0.5) is 4.39 Å². The second kappa shape index (κ2) is 7.09. The summed E-state index contributed by atoms with van der Waals surface area (Å²) in [5.41, 5.74) is 1.07. The average molecular weight is 321 g/mol. The van der Waals surface area contributed by atoms with Crippen LogP contribution in [0.25, 0.3) is 6.08 Å². The van der Waals surface area contributed by atoms with E-state index in [4.69, 9.17) is 21.1 Å². The lowest BCUT2D eigenvalue weighted by molar-refractivity contribution is 0.104. The van der Waals surface area contributed by atoms with Crippen molar-refractivity contribution in [3.63, 3.8) is 0 Å². The first kappa shape index (κ1) is 16.0. The Morgan fingerprint density at radius 2 is 1.73 bits per heavy atom. The first-order valence-corrected chi connectivity index (χ1v) is 6.82. The SMILES string of the molecule is COc1cc(/C=C/C(=O)c2ccc(F)c(Cl)c2)cc(OC)c1. The molecule has 0 heterocycles. The van der Waals surface area contributed by atoms with Crippen molar-refractivity contribution in [3.8, 4) is 11.5 Å². The summed E-state index contributed by atoms with van der Waals surface area (Å²) in [6, 6.07) is 9.13. The zero-order valence-electron chi connectivity index (χ0n) is 12.1. The van der Waals surface area contributed by atoms with Crippen molar-refractivity contribution in [2.75, 3.05) is 14.2 Å². The number of ketones is 1. The number of hydrogen-bond acceptors (Lipinski definition) is 3. The Kier molecular flexibility index (Phi) is 5.17. The van der Waals surface area contributed by atoms with E-state index in [2.05, 4.69) is 0 Å². The van der Waals surface area contributed by atoms with Gasteiger partial charge in [0.2, 0.25) is 0 Å². The number of carbonyl (C=O) groups excluding carboxylic acids is 1. The summed E-state index contributed by atoms with van der Waals surface area (Å²) in [4.78, 5) is 12.1. The molecule has 0 N–H and O–H groups in total. The van der Waals surface area contributed by atoms with Crippen molar-refractivity contribution in [1.29, 1.82) is 0 Å². The summed E-state index contributed by atoms with van der Waals surface area (Å²) in [5, 5.41) is -0.0812. The van der Waals surface area contributed by atoms with Crippen molar-refractivity contribution < 1.29 is 18.7 Å². The minimum Gasteiger partial charge on any atom is -0.497 e. The van der Waals surface area contributed by atoms with E-state index >= 15 is 0 Å². The number of halogens is 2. The highest BCUT2D eigenvalue weighted by atomic mass is 35.5. The van der Waals surface area contributed by atoms with Gasteiger partial charge in [-0.05, 0) is 42.0 Å². The van der Waals surface area contributed by atoms with Crippen LogP contribution in [0.5, 0.6) is 11.5 Å². The third-order valence-corrected chi connectivity index (χ3v) is 3.29. The molecule has 0 radical (unpaired) electrons. The van der Waals surface area contributed by atoms with Crippen molar-refractivity contribution in [2.45, 2.75) is 0 Å². The van der Waals surface area contributed by atoms with Crippen molar-refractivity contribution >= 4 is 23.5 Å². The summed E-state index contributed by atoms with van der Waals surface area (Å²) < 4.78 is 23.4. The monoisotopic (exact) mass is 320 g/mol. The Morgan fingerprint density at radius 1 is 1.09 bits per heavy atom. The van der Waals surface area contributed by atoms with Gasteiger partial charge < -0.3 is 9.47 Å². The van der Waals surface area contributed by atoms with Gasteiger partial charge in [-0.2, -0.15) is 0 Å². The van der Waals surface area contributed by atoms with E-state index in [9.17, 15) is 9.18 Å². The number of rotatable bonds is 5. The Bertz CT molecular complexity index is 704. The molecule has 0 aliphatic heterocycles. The van der Waals surface area contributed by atoms with Gasteiger partial charge in [-0.25, -0.2) is 4.39 Å². The van der Waals surface area contributed by atoms with Crippen LogP contribution in [-0.2, 0) is 0 Å². The van der Waals surface area contributed by atoms with Gasteiger partial charge in [0.1, 0.15) is 17.3 Å². The van der Waals surface area contributed by atoms with Crippen LogP contribution in [0.2, 0.25) is 5.02 Å². The summed E-state index contributed by atoms with van der Waals surface area (Å²) in [5.74, 6) is 0.413. The van der Waals surface area contributed by atoms with Crippen molar-refractivity contribution in [2.24, 2.45) is 0 Å². The molecule has 114 valence electrons. The van der Waals surface area contributed by atoms with Gasteiger partial charge in [0.25, 0.3) is 0 Å². The Balaban J connectivity index is 2.23. The summed E-state index contributed by atoms with van der Waals surface area (Å²) in [6.07, 6.45) is 3.02. The molecule has 22 heavy (non-hydrogen) atoms. The van der Waals surface area contributed by atoms with Crippen molar-refractivity contribution in [1.82, 2.24) is 0 Å². The molecule has 2 rings (SSSR count). The molecule has 0 unspecified atom stereocenters. The maximum atomic E-state index is 13.1. The third-order valence-electron chi connectivity index (χ3n) is 3.01. The standard InChI is InChI=1S/C17H14ClFO3/c1-21-13-7-11(8-14(10-13)22-2)3-6-17(20)12-4-5-16(19)15(18)9-12/h3-10H,1-2H3/b6-3+. The van der Waals surface area contributed by atoms with E-state index < -0.39 is 5.82 Å². The first-order valence-electron chi connectivity index (χ1n) is 6.44. The molecule has 0 saturated heterocycles. The second-order valence-electron chi connectivity index (χ2n) is 4.47. The van der Waals surface area contributed by atoms with Gasteiger partial charge >= 0.3 is 0 Å². The van der Waals surface area contributed by atoms with Crippen LogP contribution >= 0.6 is 11.6 Å². The van der Waals surface area contributed by atoms with Gasteiger partial charge in [-0.15, -0.1) is 0 Å². The number of benzene rings is 2. The quantitative estimate of drug-likeness (QED) is 0.605. The highest BCUT2D eigenvalue weighted by Gasteiger charge is 2.06. The topological polar surface area (TPSA) is 35.5 Å². The predicted octanol–water partition coefficient (Wildman–Crippen LogP) is 4.39. The number of carbonyl (C=O) groups is 1. The molecule has 0 atom stereocenters. The van der Waals surface area contributed by atoms with Crippen LogP contribution in [0.3, 0.4) is 0 Å². The summed E-state index contributed by atoms with van der Waals surface area (Å²) >= 11 is 5.67. The Labute approximate surface area is 132 Å². The molecule has 2 aromatic carbocycles. The molecule has 0 amide bonds. The van der Waals surface area contributed by atoms with Gasteiger partial charge in [-0.1, -0.05) is 17.7 Å². The van der Waals surface area contributed by atoms with Gasteiger partial charge in [0.15, 0.2) is 5.78 Å². The smallest absolute Gasteiger partial charge is 0.185 e. The van der Waals surface area contributed by atoms with E-state index in [0.717, 1.165) is 11.6 Å². The molecule has 0 bridgehead atoms. The third kappa shape index (κ3) is 3.86. The van der Waals surface area contributed by atoms with E-state index in [-0.39, 0.29) is 10.8 Å². The molecule has 0 fully saturated rings. The molecular weight excluding hydrogens is 307 g/mol. The van der Waals surface area contributed by atoms with Gasteiger partial charge in [-0.3, -0.25) is 4.79 Å². The van der Waals surface area contributed by atoms with E-state index in [0.29, 0.717) is 17.1 Å².